The second kappa shape index (κ2) is 20.9. The molecule has 2 aliphatic carbocycles. The number of nitrogens with one attached hydrogen (secondary N) is 5. The lowest BCUT2D eigenvalue weighted by atomic mass is 9.83. The number of carboxylic acid groups (broad SMARTS) is 3. The Morgan fingerprint density at radius 2 is 1.46 bits per heavy atom. The highest BCUT2D eigenvalue weighted by molar-refractivity contribution is 5.98. The Labute approximate surface area is 341 Å². The van der Waals surface area contributed by atoms with Gasteiger partial charge in [-0.3, -0.25) is 38.4 Å². The van der Waals surface area contributed by atoms with Gasteiger partial charge in [0.2, 0.25) is 35.4 Å². The zero-order chi connectivity index (χ0) is 43.4. The van der Waals surface area contributed by atoms with E-state index >= 15 is 0 Å². The van der Waals surface area contributed by atoms with E-state index in [1.807, 2.05) is 30.3 Å². The number of carbonyl (C=O) groups is 9. The zero-order valence-electron chi connectivity index (χ0n) is 33.6. The molecule has 0 aromatic heterocycles. The summed E-state index contributed by atoms with van der Waals surface area (Å²) < 4.78 is 6.12. The number of amides is 6. The monoisotopic (exact) mass is 828 g/mol. The van der Waals surface area contributed by atoms with E-state index in [2.05, 4.69) is 26.6 Å². The van der Waals surface area contributed by atoms with Gasteiger partial charge in [0, 0.05) is 26.3 Å². The number of likely N-dealkylation sites (tertiary alicyclic amines) is 1. The lowest BCUT2D eigenvalue weighted by Crippen LogP contribution is -2.62. The first-order valence-electron chi connectivity index (χ1n) is 20.0. The molecule has 0 radical (unpaired) electrons. The first-order chi connectivity index (χ1) is 27.9. The molecule has 8 N–H and O–H groups in total. The van der Waals surface area contributed by atoms with Crippen LogP contribution in [-0.4, -0.2) is 122 Å². The van der Waals surface area contributed by atoms with Crippen molar-refractivity contribution in [2.45, 2.75) is 140 Å². The lowest BCUT2D eigenvalue weighted by Gasteiger charge is -2.35. The van der Waals surface area contributed by atoms with E-state index in [0.29, 0.717) is 12.8 Å². The molecule has 0 unspecified atom stereocenters. The highest BCUT2D eigenvalue weighted by Gasteiger charge is 2.54. The first-order valence-corrected chi connectivity index (χ1v) is 20.0. The Morgan fingerprint density at radius 1 is 0.814 bits per heavy atom. The maximum absolute atomic E-state index is 14.5. The van der Waals surface area contributed by atoms with E-state index in [1.54, 1.807) is 13.8 Å². The fourth-order valence-corrected chi connectivity index (χ4v) is 7.53. The van der Waals surface area contributed by atoms with Gasteiger partial charge in [-0.15, -0.1) is 0 Å². The summed E-state index contributed by atoms with van der Waals surface area (Å²) in [5.74, 6) is -9.58. The van der Waals surface area contributed by atoms with Crippen molar-refractivity contribution in [3.05, 3.63) is 35.9 Å². The number of rotatable bonds is 21. The van der Waals surface area contributed by atoms with Crippen molar-refractivity contribution in [2.75, 3.05) is 6.54 Å². The minimum absolute atomic E-state index is 0.0297. The van der Waals surface area contributed by atoms with Crippen LogP contribution in [-0.2, 0) is 54.5 Å². The number of aliphatic carboxylic acids is 3. The summed E-state index contributed by atoms with van der Waals surface area (Å²) in [7, 11) is 0. The predicted octanol–water partition coefficient (Wildman–Crippen LogP) is 0.441. The molecule has 2 saturated carbocycles. The molecule has 1 aliphatic heterocycles. The van der Waals surface area contributed by atoms with E-state index in [4.69, 9.17) is 4.74 Å². The fraction of sp³-hybridized carbons (Fsp3) is 0.625. The van der Waals surface area contributed by atoms with E-state index in [1.165, 1.54) is 4.90 Å². The van der Waals surface area contributed by atoms with Crippen LogP contribution in [0.3, 0.4) is 0 Å². The standard InChI is InChI=1S/C40H56N6O13/c1-22(2)32(38(56)46-20-26(59-21-24-10-6-4-7-11-24)18-29(46)36(54)45-40(16-17-40)39(57)58)43-37(55)33(25-12-8-5-9-13-25)44-34(52)27(14-15-30(48)49)42-35(53)28(19-31(50)51)41-23(3)47/h4,6-7,10-11,22,25-29,32-33H,5,8-9,12-21H2,1-3H3,(H,41,47)(H,42,53)(H,43,55)(H,44,52)(H,45,54)(H,48,49)(H,50,51)(H,57,58)/t26-,27+,28+,29+,32+,33+/m1/s1. The molecule has 1 aromatic carbocycles. The van der Waals surface area contributed by atoms with Crippen LogP contribution in [0.15, 0.2) is 30.3 Å². The molecule has 4 rings (SSSR count). The number of carboxylic acids is 3. The molecular formula is C40H56N6O13. The molecule has 1 aromatic rings. The van der Waals surface area contributed by atoms with Crippen LogP contribution < -0.4 is 26.6 Å². The maximum atomic E-state index is 14.5. The van der Waals surface area contributed by atoms with Crippen LogP contribution in [0.5, 0.6) is 0 Å². The SMILES string of the molecule is CC(=O)N[C@@H](CC(=O)O)C(=O)N[C@@H](CCC(=O)O)C(=O)N[C@H](C(=O)N[C@H](C(=O)N1C[C@H](OCc2ccccc2)C[C@H]1C(=O)NC1(C(=O)O)CC1)C(C)C)C1CCCCC1. The summed E-state index contributed by atoms with van der Waals surface area (Å²) in [6.07, 6.45) is 1.48. The van der Waals surface area contributed by atoms with Gasteiger partial charge in [-0.2, -0.15) is 0 Å². The predicted molar refractivity (Wildman–Crippen MR) is 207 cm³/mol. The van der Waals surface area contributed by atoms with Crippen LogP contribution in [0, 0.1) is 11.8 Å². The van der Waals surface area contributed by atoms with Crippen LogP contribution >= 0.6 is 0 Å². The van der Waals surface area contributed by atoms with Crippen molar-refractivity contribution >= 4 is 53.4 Å². The molecular weight excluding hydrogens is 772 g/mol. The van der Waals surface area contributed by atoms with E-state index in [9.17, 15) is 58.5 Å². The molecule has 19 nitrogen and oxygen atoms in total. The highest BCUT2D eigenvalue weighted by atomic mass is 16.5. The van der Waals surface area contributed by atoms with E-state index < -0.39 is 126 Å². The van der Waals surface area contributed by atoms with Gasteiger partial charge in [0.1, 0.15) is 35.7 Å². The van der Waals surface area contributed by atoms with Gasteiger partial charge in [0.15, 0.2) is 0 Å². The molecule has 0 bridgehead atoms. The summed E-state index contributed by atoms with van der Waals surface area (Å²) in [4.78, 5) is 117. The van der Waals surface area contributed by atoms with Gasteiger partial charge in [-0.25, -0.2) is 4.79 Å². The molecule has 3 aliphatic rings. The average Bonchev–Trinajstić information content (AvgIpc) is 3.85. The largest absolute Gasteiger partial charge is 0.481 e. The number of carbonyl (C=O) groups excluding carboxylic acids is 6. The minimum atomic E-state index is -1.58. The van der Waals surface area contributed by atoms with Crippen LogP contribution in [0.1, 0.15) is 97.0 Å². The highest BCUT2D eigenvalue weighted by Crippen LogP contribution is 2.36. The van der Waals surface area contributed by atoms with Gasteiger partial charge in [0.05, 0.1) is 19.1 Å². The summed E-state index contributed by atoms with van der Waals surface area (Å²) in [5, 5.41) is 41.0. The molecule has 1 heterocycles. The van der Waals surface area contributed by atoms with Crippen molar-refractivity contribution in [3.8, 4) is 0 Å². The number of benzene rings is 1. The Morgan fingerprint density at radius 3 is 2.02 bits per heavy atom. The first kappa shape index (κ1) is 46.1. The summed E-state index contributed by atoms with van der Waals surface area (Å²) in [6, 6.07) is 2.54. The average molecular weight is 829 g/mol. The summed E-state index contributed by atoms with van der Waals surface area (Å²) in [5.41, 5.74) is -0.559. The van der Waals surface area contributed by atoms with E-state index in [-0.39, 0.29) is 32.4 Å². The number of ether oxygens (including phenoxy) is 1. The van der Waals surface area contributed by atoms with Gasteiger partial charge in [-0.1, -0.05) is 63.4 Å². The smallest absolute Gasteiger partial charge is 0.329 e. The normalized spacial score (nSPS) is 20.6. The Hall–Kier alpha value is -5.59. The molecule has 1 saturated heterocycles. The van der Waals surface area contributed by atoms with Crippen molar-refractivity contribution in [1.82, 2.24) is 31.5 Å². The van der Waals surface area contributed by atoms with Crippen molar-refractivity contribution in [2.24, 2.45) is 11.8 Å². The van der Waals surface area contributed by atoms with Gasteiger partial charge in [-0.05, 0) is 49.5 Å². The lowest BCUT2D eigenvalue weighted by molar-refractivity contribution is -0.146. The quantitative estimate of drug-likeness (QED) is 0.0836. The molecule has 19 heteroatoms. The topological polar surface area (TPSA) is 287 Å². The molecule has 6 amide bonds. The minimum Gasteiger partial charge on any atom is -0.481 e. The second-order valence-electron chi connectivity index (χ2n) is 16.0. The number of nitrogens with zero attached hydrogens (tertiary/aromatic N) is 1. The van der Waals surface area contributed by atoms with Crippen molar-refractivity contribution in [3.63, 3.8) is 0 Å². The molecule has 59 heavy (non-hydrogen) atoms. The third-order valence-corrected chi connectivity index (χ3v) is 11.0. The van der Waals surface area contributed by atoms with Crippen LogP contribution in [0.4, 0.5) is 0 Å². The van der Waals surface area contributed by atoms with E-state index in [0.717, 1.165) is 31.7 Å². The molecule has 0 spiro atoms. The van der Waals surface area contributed by atoms with Crippen LogP contribution in [0.25, 0.3) is 0 Å². The third kappa shape index (κ3) is 13.2. The summed E-state index contributed by atoms with van der Waals surface area (Å²) >= 11 is 0. The zero-order valence-corrected chi connectivity index (χ0v) is 33.6. The Kier molecular flexibility index (Phi) is 16.3. The Balaban J connectivity index is 1.57. The fourth-order valence-electron chi connectivity index (χ4n) is 7.53. The third-order valence-electron chi connectivity index (χ3n) is 11.0. The summed E-state index contributed by atoms with van der Waals surface area (Å²) in [6.45, 7) is 4.61. The maximum Gasteiger partial charge on any atom is 0.329 e. The van der Waals surface area contributed by atoms with Gasteiger partial charge >= 0.3 is 17.9 Å². The molecule has 3 fully saturated rings. The Bertz CT molecular complexity index is 1710. The molecule has 324 valence electrons. The number of hydrogen-bond donors (Lipinski definition) is 8. The molecule has 6 atom stereocenters. The van der Waals surface area contributed by atoms with Gasteiger partial charge < -0.3 is 51.5 Å². The van der Waals surface area contributed by atoms with Crippen LogP contribution in [0.2, 0.25) is 0 Å². The van der Waals surface area contributed by atoms with Crippen molar-refractivity contribution in [1.29, 1.82) is 0 Å². The van der Waals surface area contributed by atoms with Crippen molar-refractivity contribution < 1.29 is 63.2 Å². The van der Waals surface area contributed by atoms with Gasteiger partial charge in [0.25, 0.3) is 0 Å². The number of hydrogen-bond acceptors (Lipinski definition) is 10. The second-order valence-corrected chi connectivity index (χ2v) is 16.0.